The molecule has 0 radical (unpaired) electrons. The van der Waals surface area contributed by atoms with E-state index in [1.165, 1.54) is 30.5 Å². The monoisotopic (exact) mass is 358 g/mol. The average Bonchev–Trinajstić information content (AvgIpc) is 3.03. The predicted molar refractivity (Wildman–Crippen MR) is 108 cm³/mol. The van der Waals surface area contributed by atoms with Crippen LogP contribution in [0, 0.1) is 0 Å². The number of rotatable bonds is 0. The van der Waals surface area contributed by atoms with Crippen LogP contribution in [0.5, 0.6) is 0 Å². The van der Waals surface area contributed by atoms with Crippen LogP contribution in [-0.2, 0) is 6.42 Å². The number of aryl methyl sites for hydroxylation is 1. The molecule has 2 aromatic carbocycles. The van der Waals surface area contributed by atoms with Crippen LogP contribution < -0.4 is 22.3 Å². The van der Waals surface area contributed by atoms with Crippen LogP contribution in [0.15, 0.2) is 48.5 Å². The molecule has 2 heterocycles. The molecule has 0 atom stereocenters. The summed E-state index contributed by atoms with van der Waals surface area (Å²) in [6.07, 6.45) is 5.47. The van der Waals surface area contributed by atoms with Gasteiger partial charge >= 0.3 is 0 Å². The maximum absolute atomic E-state index is 11.5. The van der Waals surface area contributed by atoms with E-state index in [9.17, 15) is 4.79 Å². The topological polar surface area (TPSA) is 125 Å². The lowest BCUT2D eigenvalue weighted by Gasteiger charge is -2.04. The number of hydrazine groups is 1. The van der Waals surface area contributed by atoms with Crippen LogP contribution in [0.2, 0.25) is 0 Å². The normalized spacial score (nSPS) is 14.6. The number of anilines is 2. The largest absolute Gasteiger partial charge is 0.412 e. The Bertz CT molecular complexity index is 651. The van der Waals surface area contributed by atoms with Crippen LogP contribution in [0.3, 0.4) is 0 Å². The van der Waals surface area contributed by atoms with Crippen LogP contribution in [0.1, 0.15) is 41.6 Å². The van der Waals surface area contributed by atoms with Crippen molar-refractivity contribution in [2.45, 2.75) is 32.1 Å². The highest BCUT2D eigenvalue weighted by Crippen LogP contribution is 2.21. The minimum atomic E-state index is 0. The minimum Gasteiger partial charge on any atom is -0.412 e. The van der Waals surface area contributed by atoms with Gasteiger partial charge in [-0.25, -0.2) is 0 Å². The summed E-state index contributed by atoms with van der Waals surface area (Å²) < 4.78 is 0. The van der Waals surface area contributed by atoms with Gasteiger partial charge in [0.05, 0.1) is 0 Å². The minimum absolute atomic E-state index is 0. The first kappa shape index (κ1) is 21.6. The molecule has 0 bridgehead atoms. The molecule has 26 heavy (non-hydrogen) atoms. The molecule has 0 spiro atoms. The summed E-state index contributed by atoms with van der Waals surface area (Å²) in [6, 6.07) is 16.3. The van der Waals surface area contributed by atoms with Gasteiger partial charge in [-0.05, 0) is 49.4 Å². The maximum atomic E-state index is 11.5. The molecule has 6 heteroatoms. The Labute approximate surface area is 155 Å². The highest BCUT2D eigenvalue weighted by Gasteiger charge is 2.13. The fourth-order valence-corrected chi connectivity index (χ4v) is 3.06. The molecule has 0 saturated carbocycles. The first-order valence-corrected chi connectivity index (χ1v) is 8.86. The SMILES string of the molecule is NN.O.O=C1CCCNc2ccccc21.c1ccc2c(c1)CCCCN2. The van der Waals surface area contributed by atoms with Crippen molar-refractivity contribution in [2.24, 2.45) is 11.7 Å². The summed E-state index contributed by atoms with van der Waals surface area (Å²) in [4.78, 5) is 11.5. The Morgan fingerprint density at radius 2 is 1.35 bits per heavy atom. The number of nitrogens with one attached hydrogen (secondary N) is 2. The van der Waals surface area contributed by atoms with E-state index in [0.29, 0.717) is 6.42 Å². The smallest absolute Gasteiger partial charge is 0.165 e. The van der Waals surface area contributed by atoms with Gasteiger partial charge in [-0.2, -0.15) is 0 Å². The molecule has 6 nitrogen and oxygen atoms in total. The van der Waals surface area contributed by atoms with Gasteiger partial charge in [0.15, 0.2) is 5.78 Å². The van der Waals surface area contributed by atoms with E-state index in [0.717, 1.165) is 30.8 Å². The van der Waals surface area contributed by atoms with Crippen molar-refractivity contribution in [1.29, 1.82) is 0 Å². The van der Waals surface area contributed by atoms with Crippen LogP contribution >= 0.6 is 0 Å². The molecule has 0 amide bonds. The van der Waals surface area contributed by atoms with Gasteiger partial charge in [-0.15, -0.1) is 0 Å². The van der Waals surface area contributed by atoms with Crippen molar-refractivity contribution in [3.05, 3.63) is 59.7 Å². The lowest BCUT2D eigenvalue weighted by atomic mass is 10.1. The summed E-state index contributed by atoms with van der Waals surface area (Å²) in [7, 11) is 0. The second-order valence-electron chi connectivity index (χ2n) is 6.04. The second kappa shape index (κ2) is 12.0. The molecule has 2 aliphatic heterocycles. The lowest BCUT2D eigenvalue weighted by molar-refractivity contribution is 0.0984. The fraction of sp³-hybridized carbons (Fsp3) is 0.350. The van der Waals surface area contributed by atoms with E-state index >= 15 is 0 Å². The molecule has 0 aliphatic carbocycles. The van der Waals surface area contributed by atoms with Gasteiger partial charge in [0.1, 0.15) is 0 Å². The van der Waals surface area contributed by atoms with Crippen molar-refractivity contribution < 1.29 is 10.3 Å². The summed E-state index contributed by atoms with van der Waals surface area (Å²) in [5.74, 6) is 8.26. The second-order valence-corrected chi connectivity index (χ2v) is 6.04. The molecule has 0 unspecified atom stereocenters. The van der Waals surface area contributed by atoms with Crippen molar-refractivity contribution in [3.8, 4) is 0 Å². The third-order valence-corrected chi connectivity index (χ3v) is 4.33. The number of carbonyl (C=O) groups excluding carboxylic acids is 1. The van der Waals surface area contributed by atoms with Gasteiger partial charge in [0.2, 0.25) is 0 Å². The molecular formula is C20H30N4O2. The highest BCUT2D eigenvalue weighted by molar-refractivity contribution is 6.01. The number of benzene rings is 2. The van der Waals surface area contributed by atoms with Crippen LogP contribution in [-0.4, -0.2) is 24.3 Å². The molecule has 4 rings (SSSR count). The molecule has 2 aromatic rings. The molecule has 142 valence electrons. The molecular weight excluding hydrogens is 328 g/mol. The number of hydrogen-bond acceptors (Lipinski definition) is 5. The van der Waals surface area contributed by atoms with E-state index < -0.39 is 0 Å². The van der Waals surface area contributed by atoms with E-state index in [1.807, 2.05) is 24.3 Å². The summed E-state index contributed by atoms with van der Waals surface area (Å²) in [6.45, 7) is 2.04. The van der Waals surface area contributed by atoms with Gasteiger partial charge in [-0.3, -0.25) is 16.5 Å². The predicted octanol–water partition coefficient (Wildman–Crippen LogP) is 2.50. The Balaban J connectivity index is 0.000000230. The van der Waals surface area contributed by atoms with Crippen molar-refractivity contribution in [2.75, 3.05) is 23.7 Å². The summed E-state index contributed by atoms with van der Waals surface area (Å²) >= 11 is 0. The highest BCUT2D eigenvalue weighted by atomic mass is 16.1. The van der Waals surface area contributed by atoms with Crippen molar-refractivity contribution >= 4 is 17.2 Å². The Hall–Kier alpha value is -2.41. The number of hydrogen-bond donors (Lipinski definition) is 4. The third-order valence-electron chi connectivity index (χ3n) is 4.33. The standard InChI is InChI=1S/C10H11NO.C10H13N.H4N2.H2O/c12-10-6-3-7-11-9-5-2-1-4-8(9)10;1-2-7-10-9(5-1)6-3-4-8-11-10;1-2;/h1-2,4-5,11H,3,6-7H2;1-2,5,7,11H,3-4,6,8H2;1-2H2;1H2. The van der Waals surface area contributed by atoms with Gasteiger partial charge in [0, 0.05) is 36.4 Å². The first-order chi connectivity index (χ1) is 12.3. The van der Waals surface area contributed by atoms with Gasteiger partial charge < -0.3 is 16.1 Å². The Morgan fingerprint density at radius 3 is 2.15 bits per heavy atom. The number of Topliss-reactive ketones (excluding diaryl/α,β-unsaturated/α-hetero) is 1. The molecule has 0 fully saturated rings. The van der Waals surface area contributed by atoms with E-state index in [4.69, 9.17) is 0 Å². The van der Waals surface area contributed by atoms with Crippen molar-refractivity contribution in [3.63, 3.8) is 0 Å². The molecule has 8 N–H and O–H groups in total. The molecule has 0 aromatic heterocycles. The first-order valence-electron chi connectivity index (χ1n) is 8.86. The quantitative estimate of drug-likeness (QED) is 0.425. The molecule has 2 aliphatic rings. The Morgan fingerprint density at radius 1 is 0.731 bits per heavy atom. The van der Waals surface area contributed by atoms with Crippen LogP contribution in [0.4, 0.5) is 11.4 Å². The van der Waals surface area contributed by atoms with E-state index in [2.05, 4.69) is 46.6 Å². The Kier molecular flexibility index (Phi) is 10.0. The third kappa shape index (κ3) is 6.15. The lowest BCUT2D eigenvalue weighted by Crippen LogP contribution is -2.02. The van der Waals surface area contributed by atoms with Crippen LogP contribution in [0.25, 0.3) is 0 Å². The van der Waals surface area contributed by atoms with Gasteiger partial charge in [-0.1, -0.05) is 30.3 Å². The van der Waals surface area contributed by atoms with E-state index in [1.54, 1.807) is 0 Å². The number of fused-ring (bicyclic) bond motifs is 2. The summed E-state index contributed by atoms with van der Waals surface area (Å²) in [5.41, 5.74) is 4.64. The number of carbonyl (C=O) groups is 1. The van der Waals surface area contributed by atoms with Gasteiger partial charge in [0.25, 0.3) is 0 Å². The van der Waals surface area contributed by atoms with E-state index in [-0.39, 0.29) is 11.3 Å². The fourth-order valence-electron chi connectivity index (χ4n) is 3.06. The number of ketones is 1. The van der Waals surface area contributed by atoms with Crippen molar-refractivity contribution in [1.82, 2.24) is 0 Å². The maximum Gasteiger partial charge on any atom is 0.165 e. The number of para-hydroxylation sites is 2. The zero-order valence-electron chi connectivity index (χ0n) is 15.1. The zero-order chi connectivity index (χ0) is 17.9. The zero-order valence-corrected chi connectivity index (χ0v) is 15.1. The number of nitrogens with two attached hydrogens (primary N) is 2. The average molecular weight is 358 g/mol. The summed E-state index contributed by atoms with van der Waals surface area (Å²) in [5, 5.41) is 6.66. The molecule has 0 saturated heterocycles.